The molecule has 0 fully saturated rings. The summed E-state index contributed by atoms with van der Waals surface area (Å²) in [7, 11) is 0. The van der Waals surface area contributed by atoms with Gasteiger partial charge in [0.05, 0.1) is 12.2 Å². The average Bonchev–Trinajstić information content (AvgIpc) is 2.07. The fraction of sp³-hybridized carbons (Fsp3) is 0.222. The van der Waals surface area contributed by atoms with E-state index < -0.39 is 0 Å². The Hall–Kier alpha value is -0.207. The van der Waals surface area contributed by atoms with Gasteiger partial charge in [0.2, 0.25) is 0 Å². The van der Waals surface area contributed by atoms with Crippen molar-refractivity contribution in [2.24, 2.45) is 0 Å². The fourth-order valence-corrected chi connectivity index (χ4v) is 0.735. The Morgan fingerprint density at radius 1 is 1.62 bits per heavy atom. The quantitative estimate of drug-likeness (QED) is 0.499. The van der Waals surface area contributed by atoms with Crippen molar-refractivity contribution in [3.63, 3.8) is 0 Å². The molecule has 0 unspecified atom stereocenters. The Balaban J connectivity index is 0. The number of carbonyl (C=O) groups excluding carboxylic acids is 1. The molecule has 0 saturated carbocycles. The Labute approximate surface area is 101 Å². The molecular formula is C9H9BrO2Zn-. The normalized spacial score (nSPS) is 7.77. The van der Waals surface area contributed by atoms with E-state index in [0.717, 1.165) is 0 Å². The minimum Gasteiger partial charge on any atom is -1.00 e. The predicted molar refractivity (Wildman–Crippen MR) is 41.2 cm³/mol. The van der Waals surface area contributed by atoms with Crippen LogP contribution in [0, 0.1) is 6.07 Å². The Morgan fingerprint density at radius 2 is 2.31 bits per heavy atom. The summed E-state index contributed by atoms with van der Waals surface area (Å²) >= 11 is 0. The second-order valence-corrected chi connectivity index (χ2v) is 2.01. The van der Waals surface area contributed by atoms with Crippen molar-refractivity contribution in [3.8, 4) is 0 Å². The number of benzene rings is 1. The Kier molecular flexibility index (Phi) is 9.86. The van der Waals surface area contributed by atoms with E-state index in [9.17, 15) is 4.79 Å². The smallest absolute Gasteiger partial charge is 0.338 e. The molecule has 0 heterocycles. The number of ether oxygens (including phenoxy) is 1. The van der Waals surface area contributed by atoms with Gasteiger partial charge in [-0.25, -0.2) is 4.79 Å². The molecule has 0 bridgehead atoms. The van der Waals surface area contributed by atoms with E-state index in [1.54, 1.807) is 31.2 Å². The van der Waals surface area contributed by atoms with Gasteiger partial charge in [-0.05, 0) is 25.1 Å². The molecule has 0 saturated heterocycles. The van der Waals surface area contributed by atoms with Crippen LogP contribution in [-0.4, -0.2) is 12.6 Å². The molecular weight excluding hydrogens is 285 g/mol. The fourth-order valence-electron chi connectivity index (χ4n) is 0.735. The first kappa shape index (κ1) is 15.3. The van der Waals surface area contributed by atoms with Crippen LogP contribution in [0.15, 0.2) is 24.3 Å². The average molecular weight is 294 g/mol. The molecule has 0 N–H and O–H groups in total. The number of hydrogen-bond acceptors (Lipinski definition) is 2. The van der Waals surface area contributed by atoms with Crippen molar-refractivity contribution in [1.29, 1.82) is 0 Å². The van der Waals surface area contributed by atoms with Gasteiger partial charge in [0.1, 0.15) is 0 Å². The first-order valence-corrected chi connectivity index (χ1v) is 3.48. The second kappa shape index (κ2) is 8.39. The molecule has 0 amide bonds. The molecule has 2 nitrogen and oxygen atoms in total. The molecule has 4 heteroatoms. The van der Waals surface area contributed by atoms with Crippen LogP contribution in [0.2, 0.25) is 0 Å². The third-order valence-corrected chi connectivity index (χ3v) is 1.22. The SMILES string of the molecule is CCOC(=O)c1c[c]ccc1.[Br-].[Zn]. The van der Waals surface area contributed by atoms with E-state index in [2.05, 4.69) is 6.07 Å². The molecule has 67 valence electrons. The third kappa shape index (κ3) is 5.17. The van der Waals surface area contributed by atoms with Gasteiger partial charge in [0.15, 0.2) is 0 Å². The predicted octanol–water partition coefficient (Wildman–Crippen LogP) is -1.34. The summed E-state index contributed by atoms with van der Waals surface area (Å²) in [5.41, 5.74) is 0.550. The minimum absolute atomic E-state index is 0. The topological polar surface area (TPSA) is 26.3 Å². The summed E-state index contributed by atoms with van der Waals surface area (Å²) in [4.78, 5) is 11.0. The first-order chi connectivity index (χ1) is 5.34. The van der Waals surface area contributed by atoms with Crippen LogP contribution in [-0.2, 0) is 24.2 Å². The van der Waals surface area contributed by atoms with Crippen molar-refractivity contribution < 1.29 is 46.0 Å². The zero-order valence-corrected chi connectivity index (χ0v) is 12.0. The summed E-state index contributed by atoms with van der Waals surface area (Å²) in [5.74, 6) is -0.288. The van der Waals surface area contributed by atoms with E-state index in [1.807, 2.05) is 0 Å². The van der Waals surface area contributed by atoms with Crippen molar-refractivity contribution in [2.75, 3.05) is 6.61 Å². The maximum Gasteiger partial charge on any atom is 0.338 e. The molecule has 13 heavy (non-hydrogen) atoms. The molecule has 1 radical (unpaired) electrons. The molecule has 1 rings (SSSR count). The number of esters is 1. The molecule has 0 aliphatic carbocycles. The number of hydrogen-bond donors (Lipinski definition) is 0. The summed E-state index contributed by atoms with van der Waals surface area (Å²) < 4.78 is 4.77. The molecule has 0 aliphatic heterocycles. The van der Waals surface area contributed by atoms with Gasteiger partial charge < -0.3 is 21.7 Å². The van der Waals surface area contributed by atoms with Crippen LogP contribution >= 0.6 is 0 Å². The Morgan fingerprint density at radius 3 is 2.77 bits per heavy atom. The van der Waals surface area contributed by atoms with Gasteiger partial charge in [-0.1, -0.05) is 12.1 Å². The van der Waals surface area contributed by atoms with Crippen LogP contribution in [0.3, 0.4) is 0 Å². The minimum atomic E-state index is -0.288. The molecule has 1 aromatic carbocycles. The van der Waals surface area contributed by atoms with Gasteiger partial charge in [0, 0.05) is 19.5 Å². The molecule has 0 spiro atoms. The van der Waals surface area contributed by atoms with Crippen LogP contribution in [0.25, 0.3) is 0 Å². The zero-order chi connectivity index (χ0) is 8.10. The Bertz CT molecular complexity index is 239. The van der Waals surface area contributed by atoms with Gasteiger partial charge in [-0.15, -0.1) is 0 Å². The maximum atomic E-state index is 11.0. The van der Waals surface area contributed by atoms with Crippen LogP contribution in [0.1, 0.15) is 17.3 Å². The van der Waals surface area contributed by atoms with E-state index in [-0.39, 0.29) is 42.4 Å². The largest absolute Gasteiger partial charge is 1.00 e. The van der Waals surface area contributed by atoms with Crippen molar-refractivity contribution in [1.82, 2.24) is 0 Å². The standard InChI is InChI=1S/C9H9O2.BrH.Zn/c1-2-11-9(10)8-6-4-3-5-7-8;;/h3-4,6-7H,2H2,1H3;1H;/p-1. The van der Waals surface area contributed by atoms with E-state index >= 15 is 0 Å². The summed E-state index contributed by atoms with van der Waals surface area (Å²) in [5, 5.41) is 0. The van der Waals surface area contributed by atoms with Crippen LogP contribution < -0.4 is 17.0 Å². The van der Waals surface area contributed by atoms with Gasteiger partial charge >= 0.3 is 5.97 Å². The maximum absolute atomic E-state index is 11.0. The van der Waals surface area contributed by atoms with Crippen molar-refractivity contribution >= 4 is 5.97 Å². The molecule has 0 atom stereocenters. The number of halogens is 1. The molecule has 0 aliphatic rings. The van der Waals surface area contributed by atoms with Crippen LogP contribution in [0.5, 0.6) is 0 Å². The monoisotopic (exact) mass is 292 g/mol. The van der Waals surface area contributed by atoms with Crippen molar-refractivity contribution in [3.05, 3.63) is 35.9 Å². The zero-order valence-electron chi connectivity index (χ0n) is 7.42. The third-order valence-electron chi connectivity index (χ3n) is 1.22. The van der Waals surface area contributed by atoms with E-state index in [4.69, 9.17) is 4.74 Å². The summed E-state index contributed by atoms with van der Waals surface area (Å²) in [6, 6.07) is 9.61. The second-order valence-electron chi connectivity index (χ2n) is 2.01. The number of rotatable bonds is 2. The van der Waals surface area contributed by atoms with Crippen molar-refractivity contribution in [2.45, 2.75) is 6.92 Å². The van der Waals surface area contributed by atoms with Gasteiger partial charge in [0.25, 0.3) is 0 Å². The summed E-state index contributed by atoms with van der Waals surface area (Å²) in [6.45, 7) is 2.19. The van der Waals surface area contributed by atoms with E-state index in [1.165, 1.54) is 0 Å². The van der Waals surface area contributed by atoms with Crippen LogP contribution in [0.4, 0.5) is 0 Å². The van der Waals surface area contributed by atoms with E-state index in [0.29, 0.717) is 12.2 Å². The summed E-state index contributed by atoms with van der Waals surface area (Å²) in [6.07, 6.45) is 0. The first-order valence-electron chi connectivity index (χ1n) is 3.48. The number of carbonyl (C=O) groups is 1. The molecule has 1 aromatic rings. The molecule has 0 aromatic heterocycles. The van der Waals surface area contributed by atoms with Gasteiger partial charge in [-0.3, -0.25) is 0 Å². The van der Waals surface area contributed by atoms with Gasteiger partial charge in [-0.2, -0.15) is 0 Å².